The predicted octanol–water partition coefficient (Wildman–Crippen LogP) is 2.68. The highest BCUT2D eigenvalue weighted by Crippen LogP contribution is 2.31. The number of aliphatic carboxylic acids is 1. The van der Waals surface area contributed by atoms with Gasteiger partial charge in [0.15, 0.2) is 0 Å². The first-order valence-electron chi connectivity index (χ1n) is 9.47. The van der Waals surface area contributed by atoms with Gasteiger partial charge in [-0.1, -0.05) is 0 Å². The summed E-state index contributed by atoms with van der Waals surface area (Å²) in [6, 6.07) is 1.89. The van der Waals surface area contributed by atoms with Gasteiger partial charge in [0.05, 0.1) is 31.5 Å². The molecule has 0 aliphatic carbocycles. The Morgan fingerprint density at radius 3 is 2.61 bits per heavy atom. The Balaban J connectivity index is 0.000000339. The van der Waals surface area contributed by atoms with E-state index in [4.69, 9.17) is 14.6 Å². The molecule has 2 aromatic heterocycles. The standard InChI is InChI=1S/C17H20N4O2S.C2HF3O2/c22-16(14-2-9-24-11-14)21-7-8-23-17(13-21)3-1-6-20(12-17)15-10-18-4-5-19-15;3-2(4,5)1(6)7/h2,4-5,9-11H,1,3,6-8,12-13H2;(H,6,7). The van der Waals surface area contributed by atoms with Crippen LogP contribution in [-0.4, -0.2) is 76.4 Å². The van der Waals surface area contributed by atoms with Gasteiger partial charge in [-0.15, -0.1) is 0 Å². The van der Waals surface area contributed by atoms with Crippen molar-refractivity contribution in [3.05, 3.63) is 41.0 Å². The number of ether oxygens (including phenoxy) is 1. The lowest BCUT2D eigenvalue weighted by Crippen LogP contribution is -2.61. The van der Waals surface area contributed by atoms with Crippen molar-refractivity contribution in [3.8, 4) is 0 Å². The minimum atomic E-state index is -5.08. The first-order valence-corrected chi connectivity index (χ1v) is 10.4. The van der Waals surface area contributed by atoms with Crippen molar-refractivity contribution in [3.63, 3.8) is 0 Å². The van der Waals surface area contributed by atoms with Gasteiger partial charge < -0.3 is 19.6 Å². The van der Waals surface area contributed by atoms with Crippen LogP contribution in [-0.2, 0) is 9.53 Å². The molecule has 1 amide bonds. The molecule has 1 unspecified atom stereocenters. The lowest BCUT2D eigenvalue weighted by Gasteiger charge is -2.48. The molecule has 8 nitrogen and oxygen atoms in total. The van der Waals surface area contributed by atoms with E-state index in [-0.39, 0.29) is 11.5 Å². The van der Waals surface area contributed by atoms with E-state index in [1.165, 1.54) is 0 Å². The van der Waals surface area contributed by atoms with E-state index in [1.54, 1.807) is 29.9 Å². The number of piperidine rings is 1. The third kappa shape index (κ3) is 5.91. The number of morpholine rings is 1. The number of carboxylic acids is 1. The van der Waals surface area contributed by atoms with E-state index in [1.807, 2.05) is 21.7 Å². The number of hydrogen-bond acceptors (Lipinski definition) is 7. The summed E-state index contributed by atoms with van der Waals surface area (Å²) in [4.78, 5) is 34.3. The number of amides is 1. The van der Waals surface area contributed by atoms with Crippen LogP contribution in [0.2, 0.25) is 0 Å². The van der Waals surface area contributed by atoms with Gasteiger partial charge in [0, 0.05) is 30.9 Å². The van der Waals surface area contributed by atoms with Crippen molar-refractivity contribution < 1.29 is 32.6 Å². The quantitative estimate of drug-likeness (QED) is 0.739. The minimum absolute atomic E-state index is 0.107. The maximum atomic E-state index is 12.7. The molecule has 1 atom stereocenters. The number of anilines is 1. The largest absolute Gasteiger partial charge is 0.490 e. The zero-order valence-electron chi connectivity index (χ0n) is 16.4. The maximum Gasteiger partial charge on any atom is 0.490 e. The highest BCUT2D eigenvalue weighted by Gasteiger charge is 2.42. The summed E-state index contributed by atoms with van der Waals surface area (Å²) in [7, 11) is 0. The summed E-state index contributed by atoms with van der Waals surface area (Å²) in [5.41, 5.74) is 0.471. The monoisotopic (exact) mass is 458 g/mol. The van der Waals surface area contributed by atoms with Crippen LogP contribution in [0, 0.1) is 0 Å². The summed E-state index contributed by atoms with van der Waals surface area (Å²) in [6.45, 7) is 3.57. The molecule has 1 spiro atoms. The van der Waals surface area contributed by atoms with Crippen molar-refractivity contribution in [1.82, 2.24) is 14.9 Å². The molecule has 4 rings (SSSR count). The summed E-state index contributed by atoms with van der Waals surface area (Å²) in [6.07, 6.45) is 2.09. The Kier molecular flexibility index (Phi) is 7.11. The van der Waals surface area contributed by atoms with Crippen LogP contribution in [0.4, 0.5) is 19.0 Å². The van der Waals surface area contributed by atoms with Gasteiger partial charge in [0.2, 0.25) is 0 Å². The van der Waals surface area contributed by atoms with E-state index in [2.05, 4.69) is 14.9 Å². The molecule has 2 aliphatic heterocycles. The first-order chi connectivity index (χ1) is 14.7. The third-order valence-electron chi connectivity index (χ3n) is 4.96. The van der Waals surface area contributed by atoms with Gasteiger partial charge in [-0.2, -0.15) is 24.5 Å². The fourth-order valence-corrected chi connectivity index (χ4v) is 4.21. The van der Waals surface area contributed by atoms with Crippen molar-refractivity contribution in [1.29, 1.82) is 0 Å². The normalized spacial score (nSPS) is 21.4. The van der Waals surface area contributed by atoms with Crippen LogP contribution < -0.4 is 4.90 Å². The Labute approximate surface area is 180 Å². The Morgan fingerprint density at radius 2 is 2.00 bits per heavy atom. The molecule has 2 saturated heterocycles. The zero-order chi connectivity index (χ0) is 22.5. The van der Waals surface area contributed by atoms with Gasteiger partial charge in [-0.3, -0.25) is 9.78 Å². The molecule has 0 radical (unpaired) electrons. The lowest BCUT2D eigenvalue weighted by molar-refractivity contribution is -0.192. The average Bonchev–Trinajstić information content (AvgIpc) is 3.29. The van der Waals surface area contributed by atoms with E-state index in [9.17, 15) is 18.0 Å². The number of carbonyl (C=O) groups is 2. The molecule has 12 heteroatoms. The predicted molar refractivity (Wildman–Crippen MR) is 106 cm³/mol. The highest BCUT2D eigenvalue weighted by molar-refractivity contribution is 7.08. The average molecular weight is 458 g/mol. The van der Waals surface area contributed by atoms with Crippen LogP contribution in [0.25, 0.3) is 0 Å². The van der Waals surface area contributed by atoms with Crippen molar-refractivity contribution in [2.24, 2.45) is 0 Å². The van der Waals surface area contributed by atoms with E-state index in [0.29, 0.717) is 19.7 Å². The topological polar surface area (TPSA) is 95.9 Å². The molecular weight excluding hydrogens is 437 g/mol. The SMILES string of the molecule is O=C(O)C(F)(F)F.O=C(c1ccsc1)N1CCOC2(CCCN(c3cnccn3)C2)C1. The second kappa shape index (κ2) is 9.60. The molecule has 2 aliphatic rings. The van der Waals surface area contributed by atoms with E-state index in [0.717, 1.165) is 37.3 Å². The highest BCUT2D eigenvalue weighted by atomic mass is 32.1. The van der Waals surface area contributed by atoms with Crippen molar-refractivity contribution in [2.45, 2.75) is 24.6 Å². The van der Waals surface area contributed by atoms with E-state index >= 15 is 0 Å². The second-order valence-corrected chi connectivity index (χ2v) is 7.94. The van der Waals surface area contributed by atoms with Gasteiger partial charge in [-0.05, 0) is 24.3 Å². The summed E-state index contributed by atoms with van der Waals surface area (Å²) in [5.74, 6) is -1.77. The van der Waals surface area contributed by atoms with Crippen molar-refractivity contribution >= 4 is 29.0 Å². The zero-order valence-corrected chi connectivity index (χ0v) is 17.2. The number of thiophene rings is 1. The number of nitrogens with zero attached hydrogens (tertiary/aromatic N) is 4. The number of hydrogen-bond donors (Lipinski definition) is 1. The summed E-state index contributed by atoms with van der Waals surface area (Å²) >= 11 is 1.55. The molecular formula is C19H21F3N4O4S. The number of carboxylic acid groups (broad SMARTS) is 1. The molecule has 4 heterocycles. The molecule has 1 N–H and O–H groups in total. The number of aromatic nitrogens is 2. The Hall–Kier alpha value is -2.73. The Bertz CT molecular complexity index is 878. The van der Waals surface area contributed by atoms with Gasteiger partial charge in [-0.25, -0.2) is 9.78 Å². The van der Waals surface area contributed by atoms with Gasteiger partial charge in [0.1, 0.15) is 11.4 Å². The van der Waals surface area contributed by atoms with Gasteiger partial charge in [0.25, 0.3) is 5.91 Å². The van der Waals surface area contributed by atoms with Crippen LogP contribution in [0.1, 0.15) is 23.2 Å². The number of rotatable bonds is 2. The third-order valence-corrected chi connectivity index (χ3v) is 5.64. The van der Waals surface area contributed by atoms with E-state index < -0.39 is 12.1 Å². The lowest BCUT2D eigenvalue weighted by atomic mass is 9.90. The fourth-order valence-electron chi connectivity index (χ4n) is 3.58. The molecule has 2 fully saturated rings. The fraction of sp³-hybridized carbons (Fsp3) is 0.474. The maximum absolute atomic E-state index is 12.7. The molecule has 0 aromatic carbocycles. The molecule has 0 bridgehead atoms. The molecule has 2 aromatic rings. The minimum Gasteiger partial charge on any atom is -0.475 e. The number of halogens is 3. The molecule has 31 heavy (non-hydrogen) atoms. The summed E-state index contributed by atoms with van der Waals surface area (Å²) in [5, 5.41) is 11.0. The van der Waals surface area contributed by atoms with Crippen LogP contribution in [0.15, 0.2) is 35.4 Å². The first kappa shape index (κ1) is 22.9. The van der Waals surface area contributed by atoms with Crippen LogP contribution >= 0.6 is 11.3 Å². The van der Waals surface area contributed by atoms with Crippen LogP contribution in [0.5, 0.6) is 0 Å². The Morgan fingerprint density at radius 1 is 1.23 bits per heavy atom. The molecule has 0 saturated carbocycles. The molecule has 168 valence electrons. The van der Waals surface area contributed by atoms with Crippen LogP contribution in [0.3, 0.4) is 0 Å². The van der Waals surface area contributed by atoms with Gasteiger partial charge >= 0.3 is 12.1 Å². The number of alkyl halides is 3. The number of carbonyl (C=O) groups excluding carboxylic acids is 1. The smallest absolute Gasteiger partial charge is 0.475 e. The summed E-state index contributed by atoms with van der Waals surface area (Å²) < 4.78 is 37.9. The second-order valence-electron chi connectivity index (χ2n) is 7.16. The van der Waals surface area contributed by atoms with Crippen molar-refractivity contribution in [2.75, 3.05) is 37.7 Å².